The number of nitrogens with one attached hydrogen (secondary N) is 1. The van der Waals surface area contributed by atoms with Gasteiger partial charge in [-0.2, -0.15) is 0 Å². The smallest absolute Gasteiger partial charge is 0.244 e. The summed E-state index contributed by atoms with van der Waals surface area (Å²) in [5.41, 5.74) is 2.19. The van der Waals surface area contributed by atoms with Gasteiger partial charge in [0.25, 0.3) is 0 Å². The van der Waals surface area contributed by atoms with Gasteiger partial charge in [0, 0.05) is 32.2 Å². The van der Waals surface area contributed by atoms with E-state index in [-0.39, 0.29) is 11.7 Å². The Kier molecular flexibility index (Phi) is 5.40. The van der Waals surface area contributed by atoms with Gasteiger partial charge in [-0.15, -0.1) is 0 Å². The van der Waals surface area contributed by atoms with E-state index in [1.165, 1.54) is 18.2 Å². The lowest BCUT2D eigenvalue weighted by atomic mass is 10.1. The zero-order valence-electron chi connectivity index (χ0n) is 15.7. The second-order valence-corrected chi connectivity index (χ2v) is 7.03. The molecule has 0 spiro atoms. The van der Waals surface area contributed by atoms with E-state index in [4.69, 9.17) is 21.1 Å². The Morgan fingerprint density at radius 3 is 3.00 bits per heavy atom. The first-order valence-corrected chi connectivity index (χ1v) is 9.55. The fourth-order valence-electron chi connectivity index (χ4n) is 3.20. The summed E-state index contributed by atoms with van der Waals surface area (Å²) in [6, 6.07) is 8.00. The van der Waals surface area contributed by atoms with Crippen LogP contribution >= 0.6 is 11.6 Å². The van der Waals surface area contributed by atoms with E-state index in [9.17, 15) is 9.18 Å². The van der Waals surface area contributed by atoms with Gasteiger partial charge in [-0.1, -0.05) is 11.6 Å². The van der Waals surface area contributed by atoms with E-state index in [1.54, 1.807) is 24.3 Å². The SMILES string of the molecule is Cn1c(CCNC(=O)C=Cc2cc(Cl)c3c(c2)OCCO3)nc2cc(F)ccc21. The van der Waals surface area contributed by atoms with Crippen LogP contribution in [0.3, 0.4) is 0 Å². The van der Waals surface area contributed by atoms with Crippen molar-refractivity contribution in [1.82, 2.24) is 14.9 Å². The summed E-state index contributed by atoms with van der Waals surface area (Å²) < 4.78 is 26.2. The molecule has 4 rings (SSSR count). The number of carbonyl (C=O) groups excluding carboxylic acids is 1. The van der Waals surface area contributed by atoms with Crippen molar-refractivity contribution < 1.29 is 18.7 Å². The third-order valence-corrected chi connectivity index (χ3v) is 4.91. The lowest BCUT2D eigenvalue weighted by molar-refractivity contribution is -0.116. The number of amides is 1. The third-order valence-electron chi connectivity index (χ3n) is 4.63. The summed E-state index contributed by atoms with van der Waals surface area (Å²) in [5, 5.41) is 3.26. The second-order valence-electron chi connectivity index (χ2n) is 6.62. The van der Waals surface area contributed by atoms with Crippen LogP contribution in [0.15, 0.2) is 36.4 Å². The number of hydrogen-bond donors (Lipinski definition) is 1. The minimum absolute atomic E-state index is 0.235. The standard InChI is InChI=1S/C21H19ClFN3O3/c1-26-17-4-3-14(23)12-16(17)25-19(26)6-7-24-20(27)5-2-13-10-15(22)21-18(11-13)28-8-9-29-21/h2-5,10-12H,6-9H2,1H3,(H,24,27). The average Bonchev–Trinajstić information content (AvgIpc) is 3.01. The Morgan fingerprint density at radius 2 is 2.14 bits per heavy atom. The van der Waals surface area contributed by atoms with Gasteiger partial charge < -0.3 is 19.4 Å². The van der Waals surface area contributed by atoms with Gasteiger partial charge in [0.1, 0.15) is 24.9 Å². The molecule has 2 aromatic carbocycles. The molecule has 2 heterocycles. The fraction of sp³-hybridized carbons (Fsp3) is 0.238. The van der Waals surface area contributed by atoms with Crippen LogP contribution in [0.2, 0.25) is 5.02 Å². The van der Waals surface area contributed by atoms with Crippen LogP contribution < -0.4 is 14.8 Å². The van der Waals surface area contributed by atoms with E-state index in [0.29, 0.717) is 48.2 Å². The molecule has 0 aliphatic carbocycles. The fourth-order valence-corrected chi connectivity index (χ4v) is 3.48. The molecular formula is C21H19ClFN3O3. The number of hydrogen-bond acceptors (Lipinski definition) is 4. The number of aromatic nitrogens is 2. The highest BCUT2D eigenvalue weighted by Crippen LogP contribution is 2.38. The van der Waals surface area contributed by atoms with Crippen molar-refractivity contribution in [1.29, 1.82) is 0 Å². The minimum Gasteiger partial charge on any atom is -0.486 e. The van der Waals surface area contributed by atoms with Crippen molar-refractivity contribution in [2.75, 3.05) is 19.8 Å². The second kappa shape index (κ2) is 8.13. The largest absolute Gasteiger partial charge is 0.486 e. The van der Waals surface area contributed by atoms with E-state index in [1.807, 2.05) is 11.6 Å². The van der Waals surface area contributed by atoms with Crippen molar-refractivity contribution in [2.24, 2.45) is 7.05 Å². The number of ether oxygens (including phenoxy) is 2. The number of halogens is 2. The molecule has 0 atom stereocenters. The lowest BCUT2D eigenvalue weighted by Gasteiger charge is -2.19. The van der Waals surface area contributed by atoms with Crippen LogP contribution in [0, 0.1) is 5.82 Å². The molecule has 29 heavy (non-hydrogen) atoms. The number of imidazole rings is 1. The van der Waals surface area contributed by atoms with Crippen molar-refractivity contribution >= 4 is 34.6 Å². The lowest BCUT2D eigenvalue weighted by Crippen LogP contribution is -2.24. The van der Waals surface area contributed by atoms with Gasteiger partial charge in [-0.05, 0) is 35.9 Å². The molecule has 0 bridgehead atoms. The van der Waals surface area contributed by atoms with Crippen molar-refractivity contribution in [3.8, 4) is 11.5 Å². The third kappa shape index (κ3) is 4.19. The summed E-state index contributed by atoms with van der Waals surface area (Å²) >= 11 is 6.20. The molecule has 1 aliphatic heterocycles. The van der Waals surface area contributed by atoms with Gasteiger partial charge in [0.15, 0.2) is 11.5 Å². The van der Waals surface area contributed by atoms with Gasteiger partial charge in [-0.25, -0.2) is 9.37 Å². The first-order chi connectivity index (χ1) is 14.0. The highest BCUT2D eigenvalue weighted by molar-refractivity contribution is 6.32. The van der Waals surface area contributed by atoms with E-state index >= 15 is 0 Å². The molecule has 1 aromatic heterocycles. The molecule has 0 fully saturated rings. The predicted molar refractivity (Wildman–Crippen MR) is 109 cm³/mol. The highest BCUT2D eigenvalue weighted by atomic mass is 35.5. The van der Waals surface area contributed by atoms with E-state index < -0.39 is 0 Å². The summed E-state index contributed by atoms with van der Waals surface area (Å²) in [6.45, 7) is 1.33. The molecule has 3 aromatic rings. The monoisotopic (exact) mass is 415 g/mol. The normalized spacial score (nSPS) is 13.2. The molecule has 1 aliphatic rings. The Morgan fingerprint density at radius 1 is 1.31 bits per heavy atom. The van der Waals surface area contributed by atoms with Crippen LogP contribution in [0.4, 0.5) is 4.39 Å². The van der Waals surface area contributed by atoms with Gasteiger partial charge in [-0.3, -0.25) is 4.79 Å². The molecule has 0 saturated carbocycles. The van der Waals surface area contributed by atoms with Crippen molar-refractivity contribution in [2.45, 2.75) is 6.42 Å². The number of aryl methyl sites for hydroxylation is 1. The number of fused-ring (bicyclic) bond motifs is 2. The predicted octanol–water partition coefficient (Wildman–Crippen LogP) is 3.51. The molecule has 0 radical (unpaired) electrons. The summed E-state index contributed by atoms with van der Waals surface area (Å²) in [5.74, 6) is 1.32. The summed E-state index contributed by atoms with van der Waals surface area (Å²) in [4.78, 5) is 16.5. The number of nitrogens with zero attached hydrogens (tertiary/aromatic N) is 2. The molecule has 8 heteroatoms. The van der Waals surface area contributed by atoms with Crippen LogP contribution in [-0.4, -0.2) is 35.2 Å². The first-order valence-electron chi connectivity index (χ1n) is 9.17. The van der Waals surface area contributed by atoms with Crippen LogP contribution in [-0.2, 0) is 18.3 Å². The summed E-state index contributed by atoms with van der Waals surface area (Å²) in [6.07, 6.45) is 3.63. The highest BCUT2D eigenvalue weighted by Gasteiger charge is 2.16. The van der Waals surface area contributed by atoms with Crippen molar-refractivity contribution in [3.63, 3.8) is 0 Å². The van der Waals surface area contributed by atoms with Gasteiger partial charge in [0.05, 0.1) is 16.1 Å². The number of carbonyl (C=O) groups is 1. The maximum absolute atomic E-state index is 13.3. The molecule has 1 amide bonds. The van der Waals surface area contributed by atoms with E-state index in [2.05, 4.69) is 10.3 Å². The van der Waals surface area contributed by atoms with Crippen LogP contribution in [0.1, 0.15) is 11.4 Å². The molecule has 1 N–H and O–H groups in total. The maximum atomic E-state index is 13.3. The first kappa shape index (κ1) is 19.3. The zero-order chi connectivity index (χ0) is 20.4. The Balaban J connectivity index is 1.36. The average molecular weight is 416 g/mol. The number of rotatable bonds is 5. The Bertz CT molecular complexity index is 1110. The van der Waals surface area contributed by atoms with E-state index in [0.717, 1.165) is 16.9 Å². The quantitative estimate of drug-likeness (QED) is 0.648. The van der Waals surface area contributed by atoms with Crippen LogP contribution in [0.25, 0.3) is 17.1 Å². The Labute approximate surface area is 171 Å². The molecule has 0 saturated heterocycles. The minimum atomic E-state index is -0.320. The molecule has 0 unspecified atom stereocenters. The topological polar surface area (TPSA) is 65.4 Å². The molecule has 150 valence electrons. The maximum Gasteiger partial charge on any atom is 0.244 e. The number of benzene rings is 2. The summed E-state index contributed by atoms with van der Waals surface area (Å²) in [7, 11) is 1.87. The zero-order valence-corrected chi connectivity index (χ0v) is 16.5. The molecular weight excluding hydrogens is 397 g/mol. The molecule has 6 nitrogen and oxygen atoms in total. The van der Waals surface area contributed by atoms with Gasteiger partial charge >= 0.3 is 0 Å². The van der Waals surface area contributed by atoms with Crippen molar-refractivity contribution in [3.05, 3.63) is 58.6 Å². The Hall–Kier alpha value is -3.06. The van der Waals surface area contributed by atoms with Gasteiger partial charge in [0.2, 0.25) is 5.91 Å². The van der Waals surface area contributed by atoms with Crippen LogP contribution in [0.5, 0.6) is 11.5 Å².